The number of nitro groups is 1. The molecule has 1 aliphatic heterocycles. The molecule has 0 N–H and O–H groups in total. The van der Waals surface area contributed by atoms with E-state index in [0.29, 0.717) is 32.8 Å². The molecule has 0 aromatic heterocycles. The third-order valence-corrected chi connectivity index (χ3v) is 5.74. The quantitative estimate of drug-likeness (QED) is 0.398. The Morgan fingerprint density at radius 2 is 1.66 bits per heavy atom. The summed E-state index contributed by atoms with van der Waals surface area (Å²) in [6.07, 6.45) is 0. The first-order valence-electron chi connectivity index (χ1n) is 10.3. The van der Waals surface area contributed by atoms with E-state index >= 15 is 0 Å². The first-order valence-corrected chi connectivity index (χ1v) is 10.6. The van der Waals surface area contributed by atoms with Gasteiger partial charge in [0.1, 0.15) is 12.4 Å². The molecule has 0 saturated carbocycles. The lowest BCUT2D eigenvalue weighted by molar-refractivity contribution is -0.384. The van der Waals surface area contributed by atoms with Gasteiger partial charge in [-0.2, -0.15) is 0 Å². The van der Waals surface area contributed by atoms with Crippen LogP contribution in [0.15, 0.2) is 72.8 Å². The zero-order valence-corrected chi connectivity index (χ0v) is 18.1. The van der Waals surface area contributed by atoms with Gasteiger partial charge >= 0.3 is 0 Å². The second-order valence-electron chi connectivity index (χ2n) is 7.47. The van der Waals surface area contributed by atoms with Crippen LogP contribution in [0.2, 0.25) is 5.02 Å². The normalized spacial score (nSPS) is 13.7. The van der Waals surface area contributed by atoms with Crippen molar-refractivity contribution in [3.63, 3.8) is 0 Å². The zero-order chi connectivity index (χ0) is 22.5. The van der Waals surface area contributed by atoms with Crippen molar-refractivity contribution in [1.29, 1.82) is 0 Å². The lowest BCUT2D eigenvalue weighted by Crippen LogP contribution is -2.48. The summed E-state index contributed by atoms with van der Waals surface area (Å²) in [6.45, 7) is 2.83. The summed E-state index contributed by atoms with van der Waals surface area (Å²) in [6, 6.07) is 21.8. The molecule has 1 saturated heterocycles. The van der Waals surface area contributed by atoms with Crippen molar-refractivity contribution in [2.45, 2.75) is 6.61 Å². The van der Waals surface area contributed by atoms with Crippen LogP contribution in [0, 0.1) is 10.1 Å². The summed E-state index contributed by atoms with van der Waals surface area (Å²) >= 11 is 6.13. The van der Waals surface area contributed by atoms with E-state index in [4.69, 9.17) is 16.3 Å². The number of hydrogen-bond acceptors (Lipinski definition) is 5. The third kappa shape index (κ3) is 5.00. The molecule has 3 aromatic rings. The van der Waals surface area contributed by atoms with E-state index in [-0.39, 0.29) is 22.2 Å². The zero-order valence-electron chi connectivity index (χ0n) is 17.3. The van der Waals surface area contributed by atoms with Gasteiger partial charge in [0, 0.05) is 44.0 Å². The minimum absolute atomic E-state index is 0.147. The number of piperazine rings is 1. The first kappa shape index (κ1) is 21.6. The average molecular weight is 452 g/mol. The smallest absolute Gasteiger partial charge is 0.270 e. The number of anilines is 1. The third-order valence-electron chi connectivity index (χ3n) is 5.41. The minimum atomic E-state index is -0.529. The van der Waals surface area contributed by atoms with Gasteiger partial charge in [-0.15, -0.1) is 0 Å². The highest BCUT2D eigenvalue weighted by Gasteiger charge is 2.25. The maximum Gasteiger partial charge on any atom is 0.270 e. The number of nitro benzene ring substituents is 1. The van der Waals surface area contributed by atoms with Gasteiger partial charge in [0.25, 0.3) is 11.6 Å². The summed E-state index contributed by atoms with van der Waals surface area (Å²) < 4.78 is 5.84. The average Bonchev–Trinajstić information content (AvgIpc) is 2.83. The predicted molar refractivity (Wildman–Crippen MR) is 123 cm³/mol. The fraction of sp³-hybridized carbons (Fsp3) is 0.208. The van der Waals surface area contributed by atoms with Gasteiger partial charge in [0.15, 0.2) is 0 Å². The molecule has 164 valence electrons. The molecule has 4 rings (SSSR count). The van der Waals surface area contributed by atoms with Crippen LogP contribution in [0.1, 0.15) is 15.9 Å². The molecule has 1 fully saturated rings. The molecule has 1 heterocycles. The van der Waals surface area contributed by atoms with E-state index in [1.54, 1.807) is 4.90 Å². The fourth-order valence-corrected chi connectivity index (χ4v) is 3.82. The van der Waals surface area contributed by atoms with E-state index in [2.05, 4.69) is 4.90 Å². The maximum absolute atomic E-state index is 12.9. The molecule has 0 radical (unpaired) electrons. The minimum Gasteiger partial charge on any atom is -0.489 e. The van der Waals surface area contributed by atoms with Crippen LogP contribution in [0.25, 0.3) is 0 Å². The SMILES string of the molecule is O=C(c1cc([N+](=O)[O-])ccc1Cl)N1CCN(c2ccc(OCc3ccccc3)cc2)CC1. The van der Waals surface area contributed by atoms with Crippen molar-refractivity contribution in [3.05, 3.63) is 99.1 Å². The molecular formula is C24H22ClN3O4. The highest BCUT2D eigenvalue weighted by Crippen LogP contribution is 2.25. The van der Waals surface area contributed by atoms with Crippen LogP contribution in [0.5, 0.6) is 5.75 Å². The van der Waals surface area contributed by atoms with Crippen molar-refractivity contribution in [3.8, 4) is 5.75 Å². The van der Waals surface area contributed by atoms with Crippen molar-refractivity contribution < 1.29 is 14.5 Å². The summed E-state index contributed by atoms with van der Waals surface area (Å²) in [5, 5.41) is 11.2. The van der Waals surface area contributed by atoms with Crippen LogP contribution in [-0.2, 0) is 6.61 Å². The second kappa shape index (κ2) is 9.70. The van der Waals surface area contributed by atoms with Crippen LogP contribution in [0.3, 0.4) is 0 Å². The summed E-state index contributed by atoms with van der Waals surface area (Å²) in [5.74, 6) is 0.509. The summed E-state index contributed by atoms with van der Waals surface area (Å²) in [7, 11) is 0. The number of non-ortho nitro benzene ring substituents is 1. The molecule has 0 aliphatic carbocycles. The highest BCUT2D eigenvalue weighted by atomic mass is 35.5. The van der Waals surface area contributed by atoms with E-state index < -0.39 is 4.92 Å². The molecule has 1 amide bonds. The van der Waals surface area contributed by atoms with Crippen molar-refractivity contribution in [2.24, 2.45) is 0 Å². The Morgan fingerprint density at radius 1 is 0.969 bits per heavy atom. The molecule has 3 aromatic carbocycles. The van der Waals surface area contributed by atoms with Crippen LogP contribution in [0.4, 0.5) is 11.4 Å². The summed E-state index contributed by atoms with van der Waals surface area (Å²) in [4.78, 5) is 27.2. The molecule has 32 heavy (non-hydrogen) atoms. The number of hydrogen-bond donors (Lipinski definition) is 0. The number of ether oxygens (including phenoxy) is 1. The molecule has 0 bridgehead atoms. The first-order chi connectivity index (χ1) is 15.5. The Balaban J connectivity index is 1.34. The Hall–Kier alpha value is -3.58. The van der Waals surface area contributed by atoms with Gasteiger partial charge in [0.2, 0.25) is 0 Å². The second-order valence-corrected chi connectivity index (χ2v) is 7.88. The Bertz CT molecular complexity index is 1100. The molecule has 0 unspecified atom stereocenters. The van der Waals surface area contributed by atoms with Crippen LogP contribution >= 0.6 is 11.6 Å². The van der Waals surface area contributed by atoms with E-state index in [9.17, 15) is 14.9 Å². The summed E-state index contributed by atoms with van der Waals surface area (Å²) in [5.41, 5.74) is 2.18. The Kier molecular flexibility index (Phi) is 6.56. The van der Waals surface area contributed by atoms with Crippen LogP contribution in [-0.4, -0.2) is 41.9 Å². The van der Waals surface area contributed by atoms with Gasteiger partial charge < -0.3 is 14.5 Å². The van der Waals surface area contributed by atoms with E-state index in [1.165, 1.54) is 18.2 Å². The molecule has 1 aliphatic rings. The van der Waals surface area contributed by atoms with Crippen molar-refractivity contribution in [2.75, 3.05) is 31.1 Å². The van der Waals surface area contributed by atoms with E-state index in [0.717, 1.165) is 17.0 Å². The molecule has 0 spiro atoms. The number of benzene rings is 3. The lowest BCUT2D eigenvalue weighted by Gasteiger charge is -2.36. The van der Waals surface area contributed by atoms with E-state index in [1.807, 2.05) is 54.6 Å². The van der Waals surface area contributed by atoms with Gasteiger partial charge in [-0.25, -0.2) is 0 Å². The number of carbonyl (C=O) groups excluding carboxylic acids is 1. The number of nitrogens with zero attached hydrogens (tertiary/aromatic N) is 3. The Labute approximate surface area is 190 Å². The molecular weight excluding hydrogens is 430 g/mol. The van der Waals surface area contributed by atoms with Gasteiger partial charge in [0.05, 0.1) is 15.5 Å². The number of halogens is 1. The number of rotatable bonds is 6. The number of amides is 1. The highest BCUT2D eigenvalue weighted by molar-refractivity contribution is 6.33. The predicted octanol–water partition coefficient (Wildman–Crippen LogP) is 4.79. The van der Waals surface area contributed by atoms with Gasteiger partial charge in [-0.3, -0.25) is 14.9 Å². The molecule has 0 atom stereocenters. The van der Waals surface area contributed by atoms with Crippen molar-refractivity contribution >= 4 is 28.9 Å². The maximum atomic E-state index is 12.9. The molecule has 8 heteroatoms. The fourth-order valence-electron chi connectivity index (χ4n) is 3.62. The van der Waals surface area contributed by atoms with Gasteiger partial charge in [-0.05, 0) is 35.9 Å². The van der Waals surface area contributed by atoms with Crippen LogP contribution < -0.4 is 9.64 Å². The van der Waals surface area contributed by atoms with Crippen molar-refractivity contribution in [1.82, 2.24) is 4.90 Å². The molecule has 7 nitrogen and oxygen atoms in total. The lowest BCUT2D eigenvalue weighted by atomic mass is 10.1. The Morgan fingerprint density at radius 3 is 2.31 bits per heavy atom. The standard InChI is InChI=1S/C24H22ClN3O4/c25-23-11-8-20(28(30)31)16-22(23)24(29)27-14-12-26(13-15-27)19-6-9-21(10-7-19)32-17-18-4-2-1-3-5-18/h1-11,16H,12-15,17H2. The topological polar surface area (TPSA) is 75.9 Å². The monoisotopic (exact) mass is 451 g/mol. The van der Waals surface area contributed by atoms with Gasteiger partial charge in [-0.1, -0.05) is 41.9 Å². The number of carbonyl (C=O) groups is 1. The largest absolute Gasteiger partial charge is 0.489 e.